The van der Waals surface area contributed by atoms with E-state index in [2.05, 4.69) is 26.2 Å². The van der Waals surface area contributed by atoms with Crippen LogP contribution in [0.2, 0.25) is 10.0 Å². The molecule has 1 N–H and O–H groups in total. The standard InChI is InChI=1S/C12H7BrCl2N2O/c13-11-9(5-2-6-16-11)17-12(18)7-3-1-4-8(14)10(7)15/h1-6H,(H,17,18). The Morgan fingerprint density at radius 1 is 1.22 bits per heavy atom. The van der Waals surface area contributed by atoms with Crippen LogP contribution in [0.3, 0.4) is 0 Å². The molecule has 3 nitrogen and oxygen atoms in total. The van der Waals surface area contributed by atoms with E-state index in [1.807, 2.05) is 0 Å². The van der Waals surface area contributed by atoms with Crippen LogP contribution in [0.25, 0.3) is 0 Å². The average molecular weight is 346 g/mol. The maximum Gasteiger partial charge on any atom is 0.257 e. The van der Waals surface area contributed by atoms with E-state index < -0.39 is 0 Å². The lowest BCUT2D eigenvalue weighted by Crippen LogP contribution is -2.13. The Bertz CT molecular complexity index is 604. The van der Waals surface area contributed by atoms with Gasteiger partial charge < -0.3 is 5.32 Å². The third kappa shape index (κ3) is 2.83. The van der Waals surface area contributed by atoms with Crippen LogP contribution >= 0.6 is 39.1 Å². The predicted molar refractivity (Wildman–Crippen MR) is 76.4 cm³/mol. The third-order valence-corrected chi connectivity index (χ3v) is 3.65. The molecule has 0 bridgehead atoms. The van der Waals surface area contributed by atoms with Gasteiger partial charge in [0.15, 0.2) is 0 Å². The molecular weight excluding hydrogens is 339 g/mol. The van der Waals surface area contributed by atoms with Crippen molar-refractivity contribution >= 4 is 50.7 Å². The van der Waals surface area contributed by atoms with Crippen LogP contribution in [0.4, 0.5) is 5.69 Å². The number of aromatic nitrogens is 1. The lowest BCUT2D eigenvalue weighted by molar-refractivity contribution is 0.102. The van der Waals surface area contributed by atoms with Crippen molar-refractivity contribution in [2.24, 2.45) is 0 Å². The monoisotopic (exact) mass is 344 g/mol. The summed E-state index contributed by atoms with van der Waals surface area (Å²) in [5, 5.41) is 3.28. The molecule has 0 unspecified atom stereocenters. The van der Waals surface area contributed by atoms with Crippen LogP contribution in [0, 0.1) is 0 Å². The van der Waals surface area contributed by atoms with Gasteiger partial charge in [-0.1, -0.05) is 29.3 Å². The van der Waals surface area contributed by atoms with Gasteiger partial charge in [-0.2, -0.15) is 0 Å². The van der Waals surface area contributed by atoms with Gasteiger partial charge in [0.2, 0.25) is 0 Å². The molecule has 1 aromatic carbocycles. The minimum Gasteiger partial charge on any atom is -0.320 e. The lowest BCUT2D eigenvalue weighted by atomic mass is 10.2. The summed E-state index contributed by atoms with van der Waals surface area (Å²) >= 11 is 15.1. The zero-order valence-corrected chi connectivity index (χ0v) is 12.1. The van der Waals surface area contributed by atoms with Crippen LogP contribution in [0.15, 0.2) is 41.1 Å². The number of carbonyl (C=O) groups excluding carboxylic acids is 1. The van der Waals surface area contributed by atoms with Gasteiger partial charge in [0.05, 0.1) is 21.3 Å². The summed E-state index contributed by atoms with van der Waals surface area (Å²) in [7, 11) is 0. The second-order valence-corrected chi connectivity index (χ2v) is 4.93. The minimum atomic E-state index is -0.337. The summed E-state index contributed by atoms with van der Waals surface area (Å²) in [6, 6.07) is 8.35. The van der Waals surface area contributed by atoms with E-state index in [0.29, 0.717) is 20.9 Å². The zero-order chi connectivity index (χ0) is 13.1. The maximum atomic E-state index is 12.0. The summed E-state index contributed by atoms with van der Waals surface area (Å²) in [5.74, 6) is -0.337. The normalized spacial score (nSPS) is 10.2. The molecule has 0 radical (unpaired) electrons. The highest BCUT2D eigenvalue weighted by molar-refractivity contribution is 9.10. The van der Waals surface area contributed by atoms with Gasteiger partial charge >= 0.3 is 0 Å². The van der Waals surface area contributed by atoms with Crippen LogP contribution in [-0.2, 0) is 0 Å². The molecule has 6 heteroatoms. The summed E-state index contributed by atoms with van der Waals surface area (Å²) in [6.45, 7) is 0. The second kappa shape index (κ2) is 5.69. The van der Waals surface area contributed by atoms with Gasteiger partial charge in [-0.3, -0.25) is 4.79 Å². The highest BCUT2D eigenvalue weighted by atomic mass is 79.9. The summed E-state index contributed by atoms with van der Waals surface area (Å²) in [6.07, 6.45) is 1.62. The first-order chi connectivity index (χ1) is 8.59. The Kier molecular flexibility index (Phi) is 4.22. The first-order valence-electron chi connectivity index (χ1n) is 4.95. The topological polar surface area (TPSA) is 42.0 Å². The Morgan fingerprint density at radius 2 is 2.00 bits per heavy atom. The summed E-state index contributed by atoms with van der Waals surface area (Å²) in [4.78, 5) is 16.0. The van der Waals surface area contributed by atoms with E-state index in [-0.39, 0.29) is 10.9 Å². The fourth-order valence-corrected chi connectivity index (χ4v) is 2.08. The van der Waals surface area contributed by atoms with Gasteiger partial charge in [0, 0.05) is 6.20 Å². The van der Waals surface area contributed by atoms with E-state index in [4.69, 9.17) is 23.2 Å². The van der Waals surface area contributed by atoms with Gasteiger partial charge in [-0.05, 0) is 40.2 Å². The highest BCUT2D eigenvalue weighted by Crippen LogP contribution is 2.27. The molecule has 0 fully saturated rings. The molecule has 0 aliphatic heterocycles. The van der Waals surface area contributed by atoms with Gasteiger partial charge in [0.1, 0.15) is 4.60 Å². The number of nitrogens with zero attached hydrogens (tertiary/aromatic N) is 1. The van der Waals surface area contributed by atoms with Crippen molar-refractivity contribution in [3.05, 3.63) is 56.7 Å². The molecule has 92 valence electrons. The van der Waals surface area contributed by atoms with E-state index in [9.17, 15) is 4.79 Å². The van der Waals surface area contributed by atoms with Crippen LogP contribution in [-0.4, -0.2) is 10.9 Å². The molecule has 0 saturated heterocycles. The Labute approximate surface area is 122 Å². The Morgan fingerprint density at radius 3 is 2.72 bits per heavy atom. The smallest absolute Gasteiger partial charge is 0.257 e. The molecule has 1 heterocycles. The molecule has 0 spiro atoms. The maximum absolute atomic E-state index is 12.0. The largest absolute Gasteiger partial charge is 0.320 e. The number of carbonyl (C=O) groups is 1. The van der Waals surface area contributed by atoms with Crippen LogP contribution < -0.4 is 5.32 Å². The van der Waals surface area contributed by atoms with Gasteiger partial charge in [-0.15, -0.1) is 0 Å². The van der Waals surface area contributed by atoms with E-state index in [1.54, 1.807) is 36.5 Å². The highest BCUT2D eigenvalue weighted by Gasteiger charge is 2.13. The lowest BCUT2D eigenvalue weighted by Gasteiger charge is -2.08. The van der Waals surface area contributed by atoms with Crippen molar-refractivity contribution in [1.82, 2.24) is 4.98 Å². The molecule has 1 amide bonds. The van der Waals surface area contributed by atoms with Crippen molar-refractivity contribution in [2.75, 3.05) is 5.32 Å². The minimum absolute atomic E-state index is 0.233. The summed E-state index contributed by atoms with van der Waals surface area (Å²) in [5.41, 5.74) is 0.887. The SMILES string of the molecule is O=C(Nc1cccnc1Br)c1cccc(Cl)c1Cl. The second-order valence-electron chi connectivity index (χ2n) is 3.40. The van der Waals surface area contributed by atoms with Crippen LogP contribution in [0.5, 0.6) is 0 Å². The molecule has 0 atom stereocenters. The van der Waals surface area contributed by atoms with Crippen molar-refractivity contribution in [3.8, 4) is 0 Å². The van der Waals surface area contributed by atoms with Gasteiger partial charge in [-0.25, -0.2) is 4.98 Å². The number of nitrogens with one attached hydrogen (secondary N) is 1. The number of rotatable bonds is 2. The Hall–Kier alpha value is -1.10. The number of hydrogen-bond acceptors (Lipinski definition) is 2. The quantitative estimate of drug-likeness (QED) is 0.819. The fraction of sp³-hybridized carbons (Fsp3) is 0. The molecule has 0 saturated carbocycles. The molecule has 18 heavy (non-hydrogen) atoms. The van der Waals surface area contributed by atoms with Crippen molar-refractivity contribution in [1.29, 1.82) is 0 Å². The molecule has 2 rings (SSSR count). The van der Waals surface area contributed by atoms with Crippen molar-refractivity contribution in [3.63, 3.8) is 0 Å². The average Bonchev–Trinajstić information content (AvgIpc) is 2.35. The number of hydrogen-bond donors (Lipinski definition) is 1. The number of benzene rings is 1. The molecule has 0 aliphatic carbocycles. The van der Waals surface area contributed by atoms with E-state index in [0.717, 1.165) is 0 Å². The Balaban J connectivity index is 2.28. The number of amides is 1. The number of pyridine rings is 1. The molecule has 0 aliphatic rings. The van der Waals surface area contributed by atoms with Gasteiger partial charge in [0.25, 0.3) is 5.91 Å². The first-order valence-corrected chi connectivity index (χ1v) is 6.50. The zero-order valence-electron chi connectivity index (χ0n) is 8.95. The summed E-state index contributed by atoms with van der Waals surface area (Å²) < 4.78 is 0.552. The third-order valence-electron chi connectivity index (χ3n) is 2.20. The number of halogens is 3. The van der Waals surface area contributed by atoms with E-state index in [1.165, 1.54) is 0 Å². The van der Waals surface area contributed by atoms with Crippen molar-refractivity contribution in [2.45, 2.75) is 0 Å². The number of anilines is 1. The predicted octanol–water partition coefficient (Wildman–Crippen LogP) is 4.40. The molecular formula is C12H7BrCl2N2O. The van der Waals surface area contributed by atoms with Crippen molar-refractivity contribution < 1.29 is 4.79 Å². The molecule has 2 aromatic rings. The van der Waals surface area contributed by atoms with Crippen LogP contribution in [0.1, 0.15) is 10.4 Å². The fourth-order valence-electron chi connectivity index (χ4n) is 1.35. The van der Waals surface area contributed by atoms with E-state index >= 15 is 0 Å². The first kappa shape index (κ1) is 13.3. The molecule has 1 aromatic heterocycles.